The van der Waals surface area contributed by atoms with Crippen molar-refractivity contribution in [1.82, 2.24) is 34.4 Å². The number of imidazole rings is 2. The number of aryl methyl sites for hydroxylation is 1. The van der Waals surface area contributed by atoms with Crippen molar-refractivity contribution >= 4 is 28.0 Å². The summed E-state index contributed by atoms with van der Waals surface area (Å²) < 4.78 is 1.84. The first kappa shape index (κ1) is 26.2. The Bertz CT molecular complexity index is 1470. The van der Waals surface area contributed by atoms with Crippen molar-refractivity contribution in [2.24, 2.45) is 11.8 Å². The van der Waals surface area contributed by atoms with Crippen molar-refractivity contribution in [3.05, 3.63) is 42.2 Å². The number of nitrogens with zero attached hydrogens (tertiary/aromatic N) is 6. The van der Waals surface area contributed by atoms with Crippen LogP contribution in [-0.4, -0.2) is 76.4 Å². The van der Waals surface area contributed by atoms with Crippen LogP contribution in [0.2, 0.25) is 0 Å². The monoisotopic (exact) mass is 532 g/mol. The Balaban J connectivity index is 1.01. The summed E-state index contributed by atoms with van der Waals surface area (Å²) in [6.07, 6.45) is 6.43. The minimum absolute atomic E-state index is 0.0285. The second kappa shape index (κ2) is 9.83. The van der Waals surface area contributed by atoms with Gasteiger partial charge in [0.25, 0.3) is 0 Å². The molecule has 6 rings (SSSR count). The number of aliphatic hydroxyl groups excluding tert-OH is 2. The number of anilines is 1. The lowest BCUT2D eigenvalue weighted by atomic mass is 9.76. The van der Waals surface area contributed by atoms with Gasteiger partial charge in [-0.3, -0.25) is 0 Å². The van der Waals surface area contributed by atoms with Crippen LogP contribution in [0, 0.1) is 11.8 Å². The SMILES string of the molecule is CN(C[C@H]1C[C@@H](n2cnc3c(N)ncnc32)[C@H](O)[C@@H]1O)C1CC(CCc2nc3ccc(C(C)(C)C)cc3[nH]2)C1. The molecule has 208 valence electrons. The number of nitrogens with two attached hydrogens (primary N) is 1. The number of fused-ring (bicyclic) bond motifs is 2. The summed E-state index contributed by atoms with van der Waals surface area (Å²) in [5, 5.41) is 21.8. The average Bonchev–Trinajstić information content (AvgIpc) is 3.54. The topological polar surface area (TPSA) is 142 Å². The van der Waals surface area contributed by atoms with Gasteiger partial charge < -0.3 is 30.4 Å². The van der Waals surface area contributed by atoms with E-state index in [1.54, 1.807) is 6.33 Å². The first-order valence-corrected chi connectivity index (χ1v) is 14.1. The summed E-state index contributed by atoms with van der Waals surface area (Å²) in [6.45, 7) is 7.44. The zero-order valence-corrected chi connectivity index (χ0v) is 23.2. The van der Waals surface area contributed by atoms with Crippen LogP contribution >= 0.6 is 0 Å². The molecule has 10 heteroatoms. The molecule has 2 fully saturated rings. The van der Waals surface area contributed by atoms with Gasteiger partial charge in [0, 0.05) is 24.9 Å². The summed E-state index contributed by atoms with van der Waals surface area (Å²) in [7, 11) is 2.14. The smallest absolute Gasteiger partial charge is 0.165 e. The van der Waals surface area contributed by atoms with Gasteiger partial charge in [-0.2, -0.15) is 0 Å². The molecule has 3 heterocycles. The molecule has 0 spiro atoms. The molecule has 2 aliphatic rings. The Hall–Kier alpha value is -3.08. The second-order valence-electron chi connectivity index (χ2n) is 12.8. The number of aliphatic hydroxyl groups is 2. The van der Waals surface area contributed by atoms with Gasteiger partial charge >= 0.3 is 0 Å². The van der Waals surface area contributed by atoms with E-state index in [-0.39, 0.29) is 17.4 Å². The van der Waals surface area contributed by atoms with Gasteiger partial charge in [-0.25, -0.2) is 19.9 Å². The summed E-state index contributed by atoms with van der Waals surface area (Å²) >= 11 is 0. The molecule has 3 aromatic heterocycles. The molecule has 2 saturated carbocycles. The minimum Gasteiger partial charge on any atom is -0.390 e. The molecular formula is C29H40N8O2. The Labute approximate surface area is 228 Å². The molecule has 0 aliphatic heterocycles. The maximum absolute atomic E-state index is 10.9. The fourth-order valence-electron chi connectivity index (χ4n) is 6.47. The third kappa shape index (κ3) is 4.90. The van der Waals surface area contributed by atoms with Crippen LogP contribution in [0.3, 0.4) is 0 Å². The van der Waals surface area contributed by atoms with E-state index < -0.39 is 12.2 Å². The Kier molecular flexibility index (Phi) is 6.60. The van der Waals surface area contributed by atoms with Crippen LogP contribution in [0.15, 0.2) is 30.9 Å². The molecule has 0 saturated heterocycles. The number of rotatable bonds is 7. The van der Waals surface area contributed by atoms with Gasteiger partial charge in [-0.1, -0.05) is 26.8 Å². The number of H-pyrrole nitrogens is 1. The molecule has 39 heavy (non-hydrogen) atoms. The lowest BCUT2D eigenvalue weighted by molar-refractivity contribution is -0.00662. The van der Waals surface area contributed by atoms with Crippen molar-refractivity contribution in [3.8, 4) is 0 Å². The Morgan fingerprint density at radius 2 is 1.90 bits per heavy atom. The van der Waals surface area contributed by atoms with Crippen LogP contribution in [0.1, 0.15) is 63.9 Å². The van der Waals surface area contributed by atoms with Crippen LogP contribution in [-0.2, 0) is 11.8 Å². The van der Waals surface area contributed by atoms with E-state index in [1.807, 2.05) is 4.57 Å². The number of aromatic amines is 1. The lowest BCUT2D eigenvalue weighted by Crippen LogP contribution is -2.46. The number of hydrogen-bond acceptors (Lipinski definition) is 8. The van der Waals surface area contributed by atoms with Gasteiger partial charge in [0.1, 0.15) is 23.8 Å². The fraction of sp³-hybridized carbons (Fsp3) is 0.586. The van der Waals surface area contributed by atoms with Gasteiger partial charge in [-0.15, -0.1) is 0 Å². The molecule has 0 radical (unpaired) electrons. The predicted octanol–water partition coefficient (Wildman–Crippen LogP) is 3.21. The first-order chi connectivity index (χ1) is 18.6. The van der Waals surface area contributed by atoms with Crippen molar-refractivity contribution in [2.75, 3.05) is 19.3 Å². The molecule has 0 bridgehead atoms. The molecule has 0 amide bonds. The van der Waals surface area contributed by atoms with E-state index in [1.165, 1.54) is 11.9 Å². The van der Waals surface area contributed by atoms with Crippen LogP contribution in [0.5, 0.6) is 0 Å². The van der Waals surface area contributed by atoms with E-state index in [2.05, 4.69) is 70.9 Å². The van der Waals surface area contributed by atoms with Gasteiger partial charge in [0.2, 0.25) is 0 Å². The normalized spacial score (nSPS) is 27.6. The third-order valence-corrected chi connectivity index (χ3v) is 9.06. The highest BCUT2D eigenvalue weighted by Gasteiger charge is 2.44. The zero-order valence-electron chi connectivity index (χ0n) is 23.2. The van der Waals surface area contributed by atoms with Crippen LogP contribution in [0.25, 0.3) is 22.2 Å². The van der Waals surface area contributed by atoms with E-state index >= 15 is 0 Å². The summed E-state index contributed by atoms with van der Waals surface area (Å²) in [5.41, 5.74) is 10.7. The summed E-state index contributed by atoms with van der Waals surface area (Å²) in [6, 6.07) is 6.75. The van der Waals surface area contributed by atoms with Crippen molar-refractivity contribution < 1.29 is 10.2 Å². The van der Waals surface area contributed by atoms with E-state index in [9.17, 15) is 10.2 Å². The number of benzene rings is 1. The summed E-state index contributed by atoms with van der Waals surface area (Å²) in [4.78, 5) is 23.4. The Morgan fingerprint density at radius 3 is 2.67 bits per heavy atom. The molecule has 5 N–H and O–H groups in total. The van der Waals surface area contributed by atoms with E-state index in [4.69, 9.17) is 10.7 Å². The van der Waals surface area contributed by atoms with Gasteiger partial charge in [0.05, 0.1) is 29.5 Å². The van der Waals surface area contributed by atoms with Gasteiger partial charge in [-0.05, 0) is 61.8 Å². The van der Waals surface area contributed by atoms with E-state index in [0.717, 1.165) is 49.1 Å². The highest BCUT2D eigenvalue weighted by Crippen LogP contribution is 2.40. The molecule has 10 nitrogen and oxygen atoms in total. The van der Waals surface area contributed by atoms with Crippen molar-refractivity contribution in [2.45, 2.75) is 82.6 Å². The van der Waals surface area contributed by atoms with E-state index in [0.29, 0.717) is 35.4 Å². The molecule has 0 unspecified atom stereocenters. The molecule has 1 aromatic carbocycles. The molecule has 2 aliphatic carbocycles. The highest BCUT2D eigenvalue weighted by atomic mass is 16.3. The van der Waals surface area contributed by atoms with Crippen molar-refractivity contribution in [1.29, 1.82) is 0 Å². The number of hydrogen-bond donors (Lipinski definition) is 4. The Morgan fingerprint density at radius 1 is 1.10 bits per heavy atom. The maximum atomic E-state index is 10.9. The highest BCUT2D eigenvalue weighted by molar-refractivity contribution is 5.81. The average molecular weight is 533 g/mol. The zero-order chi connectivity index (χ0) is 27.5. The third-order valence-electron chi connectivity index (χ3n) is 9.06. The number of aromatic nitrogens is 6. The largest absolute Gasteiger partial charge is 0.390 e. The predicted molar refractivity (Wildman–Crippen MR) is 151 cm³/mol. The quantitative estimate of drug-likeness (QED) is 0.284. The molecular weight excluding hydrogens is 492 g/mol. The fourth-order valence-corrected chi connectivity index (χ4v) is 6.47. The molecule has 4 atom stereocenters. The lowest BCUT2D eigenvalue weighted by Gasteiger charge is -2.42. The second-order valence-corrected chi connectivity index (χ2v) is 12.8. The van der Waals surface area contributed by atoms with Gasteiger partial charge in [0.15, 0.2) is 11.5 Å². The van der Waals surface area contributed by atoms with Crippen molar-refractivity contribution in [3.63, 3.8) is 0 Å². The first-order valence-electron chi connectivity index (χ1n) is 14.1. The number of nitrogens with one attached hydrogen (secondary N) is 1. The van der Waals surface area contributed by atoms with Crippen LogP contribution < -0.4 is 5.73 Å². The summed E-state index contributed by atoms with van der Waals surface area (Å²) in [5.74, 6) is 2.04. The number of nitrogen functional groups attached to an aromatic ring is 1. The standard InChI is InChI=1S/C29H40N8O2/c1-29(2,3)18-6-7-20-21(12-18)35-23(34-20)8-5-16-9-19(10-16)36(4)13-17-11-22(26(39)25(17)38)37-15-33-24-27(30)31-14-32-28(24)37/h6-7,12,14-17,19,22,25-26,38-39H,5,8-11,13H2,1-4H3,(H,34,35)(H2,30,31,32)/t16?,17-,19?,22-,25-,26+/m1/s1. The molecule has 4 aromatic rings. The van der Waals surface area contributed by atoms with Crippen LogP contribution in [0.4, 0.5) is 5.82 Å². The minimum atomic E-state index is -0.880. The maximum Gasteiger partial charge on any atom is 0.165 e.